The predicted octanol–water partition coefficient (Wildman–Crippen LogP) is 3.05. The molecule has 0 bridgehead atoms. The molecule has 1 aromatic rings. The van der Waals surface area contributed by atoms with E-state index in [1.807, 2.05) is 12.1 Å². The number of nitriles is 1. The van der Waals surface area contributed by atoms with Gasteiger partial charge < -0.3 is 14.2 Å². The van der Waals surface area contributed by atoms with Crippen molar-refractivity contribution in [3.63, 3.8) is 0 Å². The van der Waals surface area contributed by atoms with Gasteiger partial charge >= 0.3 is 0 Å². The van der Waals surface area contributed by atoms with Gasteiger partial charge in [-0.3, -0.25) is 4.90 Å². The van der Waals surface area contributed by atoms with Crippen LogP contribution in [-0.2, 0) is 0 Å². The number of rotatable bonds is 4. The van der Waals surface area contributed by atoms with Gasteiger partial charge in [0, 0.05) is 24.5 Å². The normalized spacial score (nSPS) is 21.8. The van der Waals surface area contributed by atoms with Crippen LogP contribution in [-0.4, -0.2) is 44.9 Å². The monoisotopic (exact) mass is 318 g/mol. The van der Waals surface area contributed by atoms with Crippen LogP contribution >= 0.6 is 0 Å². The molecular formula is C18H26N2O3. The van der Waals surface area contributed by atoms with E-state index >= 15 is 0 Å². The van der Waals surface area contributed by atoms with E-state index in [9.17, 15) is 5.26 Å². The molecule has 0 amide bonds. The highest BCUT2D eigenvalue weighted by Crippen LogP contribution is 2.43. The van der Waals surface area contributed by atoms with Gasteiger partial charge in [0.15, 0.2) is 11.5 Å². The fourth-order valence-electron chi connectivity index (χ4n) is 3.14. The molecule has 126 valence electrons. The summed E-state index contributed by atoms with van der Waals surface area (Å²) in [5.41, 5.74) is 1.10. The first-order chi connectivity index (χ1) is 10.8. The van der Waals surface area contributed by atoms with Gasteiger partial charge in [0.2, 0.25) is 5.75 Å². The van der Waals surface area contributed by atoms with Crippen molar-refractivity contribution in [1.29, 1.82) is 5.26 Å². The van der Waals surface area contributed by atoms with E-state index in [1.54, 1.807) is 21.3 Å². The summed E-state index contributed by atoms with van der Waals surface area (Å²) >= 11 is 0. The van der Waals surface area contributed by atoms with Gasteiger partial charge in [0.05, 0.1) is 33.3 Å². The minimum Gasteiger partial charge on any atom is -0.493 e. The SMILES string of the molecule is COc1cc([C@@H]2CN(C(C)(C)C)C[C@H]2C#N)cc(OC)c1OC. The largest absolute Gasteiger partial charge is 0.493 e. The molecule has 5 heteroatoms. The Bertz CT molecular complexity index is 576. The molecule has 0 unspecified atom stereocenters. The molecule has 1 heterocycles. The molecule has 2 atom stereocenters. The summed E-state index contributed by atoms with van der Waals surface area (Å²) in [4.78, 5) is 2.36. The number of ether oxygens (including phenoxy) is 3. The number of methoxy groups -OCH3 is 3. The van der Waals surface area contributed by atoms with Crippen LogP contribution in [0.15, 0.2) is 12.1 Å². The van der Waals surface area contributed by atoms with Gasteiger partial charge in [-0.05, 0) is 38.5 Å². The van der Waals surface area contributed by atoms with E-state index in [1.165, 1.54) is 0 Å². The number of hydrogen-bond acceptors (Lipinski definition) is 5. The number of nitrogens with zero attached hydrogens (tertiary/aromatic N) is 2. The van der Waals surface area contributed by atoms with E-state index in [0.29, 0.717) is 17.2 Å². The smallest absolute Gasteiger partial charge is 0.203 e. The third kappa shape index (κ3) is 3.37. The van der Waals surface area contributed by atoms with Crippen LogP contribution in [0.3, 0.4) is 0 Å². The Balaban J connectivity index is 2.43. The zero-order chi connectivity index (χ0) is 17.2. The number of benzene rings is 1. The third-order valence-electron chi connectivity index (χ3n) is 4.55. The second-order valence-corrected chi connectivity index (χ2v) is 6.88. The summed E-state index contributed by atoms with van der Waals surface area (Å²) in [5.74, 6) is 1.93. The predicted molar refractivity (Wildman–Crippen MR) is 89.3 cm³/mol. The fraction of sp³-hybridized carbons (Fsp3) is 0.611. The van der Waals surface area contributed by atoms with Crippen LogP contribution in [0.1, 0.15) is 32.3 Å². The van der Waals surface area contributed by atoms with Crippen molar-refractivity contribution in [3.05, 3.63) is 17.7 Å². The van der Waals surface area contributed by atoms with Crippen molar-refractivity contribution in [1.82, 2.24) is 4.90 Å². The molecule has 0 saturated carbocycles. The molecule has 2 rings (SSSR count). The fourth-order valence-corrected chi connectivity index (χ4v) is 3.14. The Kier molecular flexibility index (Phi) is 5.06. The van der Waals surface area contributed by atoms with Gasteiger partial charge in [0.1, 0.15) is 0 Å². The molecule has 0 radical (unpaired) electrons. The number of likely N-dealkylation sites (tertiary alicyclic amines) is 1. The highest BCUT2D eigenvalue weighted by Gasteiger charge is 2.39. The van der Waals surface area contributed by atoms with Crippen molar-refractivity contribution >= 4 is 0 Å². The quantitative estimate of drug-likeness (QED) is 0.854. The zero-order valence-corrected chi connectivity index (χ0v) is 14.8. The number of hydrogen-bond donors (Lipinski definition) is 0. The van der Waals surface area contributed by atoms with Crippen LogP contribution in [0.4, 0.5) is 0 Å². The van der Waals surface area contributed by atoms with Crippen LogP contribution in [0.2, 0.25) is 0 Å². The van der Waals surface area contributed by atoms with E-state index in [4.69, 9.17) is 14.2 Å². The lowest BCUT2D eigenvalue weighted by Crippen LogP contribution is -2.39. The molecule has 23 heavy (non-hydrogen) atoms. The van der Waals surface area contributed by atoms with Gasteiger partial charge in [-0.1, -0.05) is 0 Å². The van der Waals surface area contributed by atoms with E-state index in [2.05, 4.69) is 31.7 Å². The van der Waals surface area contributed by atoms with Crippen molar-refractivity contribution in [2.75, 3.05) is 34.4 Å². The minimum atomic E-state index is -0.0444. The van der Waals surface area contributed by atoms with E-state index in [0.717, 1.165) is 18.7 Å². The first-order valence-electron chi connectivity index (χ1n) is 7.80. The van der Waals surface area contributed by atoms with Crippen LogP contribution in [0.5, 0.6) is 17.2 Å². The first-order valence-corrected chi connectivity index (χ1v) is 7.80. The van der Waals surface area contributed by atoms with Crippen LogP contribution < -0.4 is 14.2 Å². The van der Waals surface area contributed by atoms with Gasteiger partial charge in [-0.25, -0.2) is 0 Å². The second-order valence-electron chi connectivity index (χ2n) is 6.88. The molecular weight excluding hydrogens is 292 g/mol. The van der Waals surface area contributed by atoms with E-state index in [-0.39, 0.29) is 17.4 Å². The topological polar surface area (TPSA) is 54.7 Å². The van der Waals surface area contributed by atoms with Crippen molar-refractivity contribution < 1.29 is 14.2 Å². The molecule has 0 aliphatic carbocycles. The Morgan fingerprint density at radius 1 is 1.04 bits per heavy atom. The summed E-state index contributed by atoms with van der Waals surface area (Å²) in [6.45, 7) is 8.17. The van der Waals surface area contributed by atoms with Crippen LogP contribution in [0, 0.1) is 17.2 Å². The second kappa shape index (κ2) is 6.67. The average Bonchev–Trinajstić information content (AvgIpc) is 2.97. The highest BCUT2D eigenvalue weighted by molar-refractivity contribution is 5.55. The molecule has 0 spiro atoms. The lowest BCUT2D eigenvalue weighted by atomic mass is 9.89. The molecule has 5 nitrogen and oxygen atoms in total. The molecule has 1 aromatic carbocycles. The molecule has 1 aliphatic rings. The molecule has 1 fully saturated rings. The minimum absolute atomic E-state index is 0.0444. The van der Waals surface area contributed by atoms with Crippen molar-refractivity contribution in [3.8, 4) is 23.3 Å². The van der Waals surface area contributed by atoms with Crippen molar-refractivity contribution in [2.24, 2.45) is 5.92 Å². The van der Waals surface area contributed by atoms with Gasteiger partial charge in [-0.2, -0.15) is 5.26 Å². The molecule has 0 N–H and O–H groups in total. The maximum Gasteiger partial charge on any atom is 0.203 e. The summed E-state index contributed by atoms with van der Waals surface area (Å²) in [5, 5.41) is 9.57. The maximum absolute atomic E-state index is 9.57. The molecule has 1 aliphatic heterocycles. The van der Waals surface area contributed by atoms with Crippen LogP contribution in [0.25, 0.3) is 0 Å². The van der Waals surface area contributed by atoms with Gasteiger partial charge in [0.25, 0.3) is 0 Å². The summed E-state index contributed by atoms with van der Waals surface area (Å²) in [6, 6.07) is 6.39. The lowest BCUT2D eigenvalue weighted by molar-refractivity contribution is 0.170. The lowest BCUT2D eigenvalue weighted by Gasteiger charge is -2.31. The first kappa shape index (κ1) is 17.4. The average molecular weight is 318 g/mol. The van der Waals surface area contributed by atoms with E-state index < -0.39 is 0 Å². The van der Waals surface area contributed by atoms with Gasteiger partial charge in [-0.15, -0.1) is 0 Å². The molecule has 0 aromatic heterocycles. The third-order valence-corrected chi connectivity index (χ3v) is 4.55. The Morgan fingerprint density at radius 3 is 2.00 bits per heavy atom. The summed E-state index contributed by atoms with van der Waals surface area (Å²) < 4.78 is 16.3. The highest BCUT2D eigenvalue weighted by atomic mass is 16.5. The Morgan fingerprint density at radius 2 is 1.61 bits per heavy atom. The zero-order valence-electron chi connectivity index (χ0n) is 14.8. The Labute approximate surface area is 138 Å². The summed E-state index contributed by atoms with van der Waals surface area (Å²) in [7, 11) is 4.81. The Hall–Kier alpha value is -1.93. The standard InChI is InChI=1S/C18H26N2O3/c1-18(2,3)20-10-13(9-19)14(11-20)12-7-15(21-4)17(23-6)16(8-12)22-5/h7-8,13-14H,10-11H2,1-6H3/t13-,14+/m1/s1. The molecule has 1 saturated heterocycles. The maximum atomic E-state index is 9.57. The van der Waals surface area contributed by atoms with Crippen molar-refractivity contribution in [2.45, 2.75) is 32.2 Å². The summed E-state index contributed by atoms with van der Waals surface area (Å²) in [6.07, 6.45) is 0.